The lowest BCUT2D eigenvalue weighted by atomic mass is 10.1. The molecule has 0 radical (unpaired) electrons. The third kappa shape index (κ3) is 3.39. The number of hydrogen-bond acceptors (Lipinski definition) is 3. The number of carbonyl (C=O) groups is 1. The van der Waals surface area contributed by atoms with Gasteiger partial charge < -0.3 is 9.64 Å². The minimum atomic E-state index is -0.128. The standard InChI is InChI=1S/C16H23ClN2O2/c1-4-13(10-21-3)19-15(18-14(5-2)16(19)20)11-6-8-12(17)9-7-11/h6-9,13-15,18H,4-5,10H2,1-3H3. The van der Waals surface area contributed by atoms with Crippen LogP contribution in [0.15, 0.2) is 24.3 Å². The summed E-state index contributed by atoms with van der Waals surface area (Å²) in [6.45, 7) is 4.65. The van der Waals surface area contributed by atoms with Crippen LogP contribution in [0.5, 0.6) is 0 Å². The molecular weight excluding hydrogens is 288 g/mol. The third-order valence-corrected chi connectivity index (χ3v) is 4.26. The molecule has 3 unspecified atom stereocenters. The van der Waals surface area contributed by atoms with Crippen LogP contribution in [0, 0.1) is 0 Å². The Morgan fingerprint density at radius 3 is 2.52 bits per heavy atom. The molecule has 21 heavy (non-hydrogen) atoms. The molecule has 1 aliphatic rings. The highest BCUT2D eigenvalue weighted by Crippen LogP contribution is 2.30. The Balaban J connectivity index is 2.31. The van der Waals surface area contributed by atoms with E-state index in [1.165, 1.54) is 0 Å². The predicted molar refractivity (Wildman–Crippen MR) is 84.2 cm³/mol. The monoisotopic (exact) mass is 310 g/mol. The zero-order chi connectivity index (χ0) is 15.4. The average Bonchev–Trinajstić information content (AvgIpc) is 2.82. The number of benzene rings is 1. The lowest BCUT2D eigenvalue weighted by molar-refractivity contribution is -0.133. The van der Waals surface area contributed by atoms with Crippen LogP contribution in [-0.4, -0.2) is 36.6 Å². The van der Waals surface area contributed by atoms with E-state index in [0.29, 0.717) is 11.6 Å². The van der Waals surface area contributed by atoms with Gasteiger partial charge in [0.15, 0.2) is 0 Å². The number of hydrogen-bond donors (Lipinski definition) is 1. The lowest BCUT2D eigenvalue weighted by Gasteiger charge is -2.32. The van der Waals surface area contributed by atoms with E-state index >= 15 is 0 Å². The maximum Gasteiger partial charge on any atom is 0.241 e. The first-order chi connectivity index (χ1) is 10.1. The molecule has 0 saturated carbocycles. The zero-order valence-electron chi connectivity index (χ0n) is 12.8. The Labute approximate surface area is 131 Å². The van der Waals surface area contributed by atoms with Crippen molar-refractivity contribution in [3.05, 3.63) is 34.9 Å². The fourth-order valence-electron chi connectivity index (χ4n) is 2.82. The molecule has 0 aromatic heterocycles. The van der Waals surface area contributed by atoms with E-state index in [1.54, 1.807) is 7.11 Å². The molecule has 5 heteroatoms. The van der Waals surface area contributed by atoms with Crippen LogP contribution in [0.2, 0.25) is 5.02 Å². The highest BCUT2D eigenvalue weighted by Gasteiger charge is 2.41. The second-order valence-electron chi connectivity index (χ2n) is 5.34. The van der Waals surface area contributed by atoms with Gasteiger partial charge in [-0.05, 0) is 30.5 Å². The molecule has 1 saturated heterocycles. The summed E-state index contributed by atoms with van der Waals surface area (Å²) < 4.78 is 5.29. The van der Waals surface area contributed by atoms with Crippen molar-refractivity contribution in [2.24, 2.45) is 0 Å². The quantitative estimate of drug-likeness (QED) is 0.878. The van der Waals surface area contributed by atoms with Crippen LogP contribution in [0.25, 0.3) is 0 Å². The van der Waals surface area contributed by atoms with E-state index in [4.69, 9.17) is 16.3 Å². The minimum absolute atomic E-state index is 0.0761. The van der Waals surface area contributed by atoms with Crippen molar-refractivity contribution < 1.29 is 9.53 Å². The van der Waals surface area contributed by atoms with Gasteiger partial charge in [0.25, 0.3) is 0 Å². The number of carbonyl (C=O) groups excluding carboxylic acids is 1. The molecule has 1 aliphatic heterocycles. The molecule has 4 nitrogen and oxygen atoms in total. The second-order valence-corrected chi connectivity index (χ2v) is 5.78. The van der Waals surface area contributed by atoms with E-state index in [-0.39, 0.29) is 24.2 Å². The number of nitrogens with one attached hydrogen (secondary N) is 1. The number of ether oxygens (including phenoxy) is 1. The van der Waals surface area contributed by atoms with Crippen molar-refractivity contribution >= 4 is 17.5 Å². The molecule has 0 spiro atoms. The SMILES string of the molecule is CCC1NC(c2ccc(Cl)cc2)N(C(CC)COC)C1=O. The Kier molecular flexibility index (Phi) is 5.62. The van der Waals surface area contributed by atoms with Crippen molar-refractivity contribution in [3.8, 4) is 0 Å². The molecule has 1 heterocycles. The first kappa shape index (κ1) is 16.3. The number of rotatable bonds is 6. The number of methoxy groups -OCH3 is 1. The lowest BCUT2D eigenvalue weighted by Crippen LogP contribution is -2.42. The van der Waals surface area contributed by atoms with Gasteiger partial charge in [0.1, 0.15) is 6.17 Å². The van der Waals surface area contributed by atoms with Crippen molar-refractivity contribution in [2.75, 3.05) is 13.7 Å². The normalized spacial score (nSPS) is 23.6. The van der Waals surface area contributed by atoms with Gasteiger partial charge >= 0.3 is 0 Å². The van der Waals surface area contributed by atoms with Crippen LogP contribution in [0.3, 0.4) is 0 Å². The Morgan fingerprint density at radius 1 is 1.33 bits per heavy atom. The molecular formula is C16H23ClN2O2. The number of amides is 1. The third-order valence-electron chi connectivity index (χ3n) is 4.01. The summed E-state index contributed by atoms with van der Waals surface area (Å²) >= 11 is 5.96. The largest absolute Gasteiger partial charge is 0.383 e. The first-order valence-corrected chi connectivity index (χ1v) is 7.82. The fraction of sp³-hybridized carbons (Fsp3) is 0.562. The van der Waals surface area contributed by atoms with Crippen molar-refractivity contribution in [3.63, 3.8) is 0 Å². The maximum atomic E-state index is 12.6. The van der Waals surface area contributed by atoms with Crippen molar-refractivity contribution in [2.45, 2.75) is 44.9 Å². The molecule has 0 bridgehead atoms. The van der Waals surface area contributed by atoms with Gasteiger partial charge in [-0.3, -0.25) is 10.1 Å². The number of nitrogens with zero attached hydrogens (tertiary/aromatic N) is 1. The molecule has 3 atom stereocenters. The summed E-state index contributed by atoms with van der Waals surface area (Å²) in [5.41, 5.74) is 1.05. The molecule has 2 rings (SSSR count). The maximum absolute atomic E-state index is 12.6. The molecule has 1 N–H and O–H groups in total. The second kappa shape index (κ2) is 7.25. The Bertz CT molecular complexity index is 478. The van der Waals surface area contributed by atoms with Gasteiger partial charge in [0.2, 0.25) is 5.91 Å². The summed E-state index contributed by atoms with van der Waals surface area (Å²) in [5, 5.41) is 4.13. The summed E-state index contributed by atoms with van der Waals surface area (Å²) in [7, 11) is 1.67. The topological polar surface area (TPSA) is 41.6 Å². The predicted octanol–water partition coefficient (Wildman–Crippen LogP) is 2.97. The van der Waals surface area contributed by atoms with Gasteiger partial charge in [0, 0.05) is 12.1 Å². The summed E-state index contributed by atoms with van der Waals surface area (Å²) in [6, 6.07) is 7.61. The van der Waals surface area contributed by atoms with Gasteiger partial charge in [-0.25, -0.2) is 0 Å². The first-order valence-electron chi connectivity index (χ1n) is 7.45. The highest BCUT2D eigenvalue weighted by molar-refractivity contribution is 6.30. The Hall–Kier alpha value is -1.10. The van der Waals surface area contributed by atoms with Gasteiger partial charge in [-0.1, -0.05) is 37.6 Å². The van der Waals surface area contributed by atoms with Crippen molar-refractivity contribution in [1.29, 1.82) is 0 Å². The van der Waals surface area contributed by atoms with Crippen LogP contribution >= 0.6 is 11.6 Å². The molecule has 116 valence electrons. The van der Waals surface area contributed by atoms with Gasteiger partial charge in [0.05, 0.1) is 18.7 Å². The molecule has 1 aromatic carbocycles. The van der Waals surface area contributed by atoms with Crippen LogP contribution < -0.4 is 5.32 Å². The average molecular weight is 311 g/mol. The molecule has 1 fully saturated rings. The van der Waals surface area contributed by atoms with E-state index in [2.05, 4.69) is 12.2 Å². The molecule has 1 amide bonds. The Morgan fingerprint density at radius 2 is 2.00 bits per heavy atom. The molecule has 0 aliphatic carbocycles. The summed E-state index contributed by atoms with van der Waals surface area (Å²) in [6.07, 6.45) is 1.53. The van der Waals surface area contributed by atoms with Crippen LogP contribution in [0.1, 0.15) is 38.4 Å². The zero-order valence-corrected chi connectivity index (χ0v) is 13.6. The van der Waals surface area contributed by atoms with E-state index in [9.17, 15) is 4.79 Å². The molecule has 1 aromatic rings. The van der Waals surface area contributed by atoms with E-state index in [0.717, 1.165) is 18.4 Å². The fourth-order valence-corrected chi connectivity index (χ4v) is 2.95. The van der Waals surface area contributed by atoms with E-state index < -0.39 is 0 Å². The van der Waals surface area contributed by atoms with E-state index in [1.807, 2.05) is 36.1 Å². The van der Waals surface area contributed by atoms with Gasteiger partial charge in [-0.2, -0.15) is 0 Å². The minimum Gasteiger partial charge on any atom is -0.383 e. The van der Waals surface area contributed by atoms with Crippen molar-refractivity contribution in [1.82, 2.24) is 10.2 Å². The highest BCUT2D eigenvalue weighted by atomic mass is 35.5. The number of halogens is 1. The summed E-state index contributed by atoms with van der Waals surface area (Å²) in [4.78, 5) is 14.6. The van der Waals surface area contributed by atoms with Gasteiger partial charge in [-0.15, -0.1) is 0 Å². The van der Waals surface area contributed by atoms with Crippen LogP contribution in [0.4, 0.5) is 0 Å². The smallest absolute Gasteiger partial charge is 0.241 e. The summed E-state index contributed by atoms with van der Waals surface area (Å²) in [5.74, 6) is 0.154. The van der Waals surface area contributed by atoms with Crippen LogP contribution in [-0.2, 0) is 9.53 Å².